The summed E-state index contributed by atoms with van der Waals surface area (Å²) in [4.78, 5) is 12.1. The summed E-state index contributed by atoms with van der Waals surface area (Å²) in [6.07, 6.45) is 2.91. The van der Waals surface area contributed by atoms with Gasteiger partial charge in [0.1, 0.15) is 5.69 Å². The molecular weight excluding hydrogens is 250 g/mol. The minimum absolute atomic E-state index is 0.0518. The summed E-state index contributed by atoms with van der Waals surface area (Å²) < 4.78 is 3.81. The molecule has 0 aliphatic heterocycles. The van der Waals surface area contributed by atoms with Crippen molar-refractivity contribution >= 4 is 5.69 Å². The van der Waals surface area contributed by atoms with Gasteiger partial charge >= 0.3 is 0 Å². The van der Waals surface area contributed by atoms with Crippen LogP contribution < -0.4 is 11.3 Å². The molecular formula is C16H23N3O. The van der Waals surface area contributed by atoms with Gasteiger partial charge in [-0.2, -0.15) is 0 Å². The van der Waals surface area contributed by atoms with Crippen LogP contribution in [0.15, 0.2) is 35.1 Å². The van der Waals surface area contributed by atoms with E-state index in [1.165, 1.54) is 5.56 Å². The Balaban J connectivity index is 2.09. The minimum atomic E-state index is -0.0518. The van der Waals surface area contributed by atoms with Crippen LogP contribution in [0.2, 0.25) is 0 Å². The molecule has 0 amide bonds. The first-order valence-electron chi connectivity index (χ1n) is 7.24. The van der Waals surface area contributed by atoms with Gasteiger partial charge in [-0.15, -0.1) is 0 Å². The summed E-state index contributed by atoms with van der Waals surface area (Å²) in [6.45, 7) is 5.57. The van der Waals surface area contributed by atoms with E-state index >= 15 is 0 Å². The highest BCUT2D eigenvalue weighted by atomic mass is 16.1. The SMILES string of the molecule is CCCn1c(C)c(N)c(=O)n1CCCc1ccccc1. The van der Waals surface area contributed by atoms with Gasteiger partial charge in [0.15, 0.2) is 0 Å². The van der Waals surface area contributed by atoms with E-state index in [4.69, 9.17) is 5.73 Å². The van der Waals surface area contributed by atoms with Crippen LogP contribution >= 0.6 is 0 Å². The molecule has 4 nitrogen and oxygen atoms in total. The van der Waals surface area contributed by atoms with E-state index in [1.807, 2.05) is 29.8 Å². The maximum Gasteiger partial charge on any atom is 0.290 e. The van der Waals surface area contributed by atoms with E-state index in [0.29, 0.717) is 12.2 Å². The van der Waals surface area contributed by atoms with Gasteiger partial charge in [-0.05, 0) is 31.7 Å². The van der Waals surface area contributed by atoms with Gasteiger partial charge in [0.2, 0.25) is 0 Å². The number of hydrogen-bond donors (Lipinski definition) is 1. The molecule has 0 aliphatic carbocycles. The smallest absolute Gasteiger partial charge is 0.290 e. The lowest BCUT2D eigenvalue weighted by Gasteiger charge is -2.12. The van der Waals surface area contributed by atoms with Gasteiger partial charge in [-0.3, -0.25) is 9.48 Å². The van der Waals surface area contributed by atoms with Gasteiger partial charge < -0.3 is 5.73 Å². The Morgan fingerprint density at radius 1 is 1.10 bits per heavy atom. The molecule has 108 valence electrons. The molecule has 0 atom stereocenters. The van der Waals surface area contributed by atoms with Crippen LogP contribution in [0.5, 0.6) is 0 Å². The fourth-order valence-corrected chi connectivity index (χ4v) is 2.52. The summed E-state index contributed by atoms with van der Waals surface area (Å²) in [5.41, 5.74) is 8.39. The van der Waals surface area contributed by atoms with Gasteiger partial charge in [0, 0.05) is 13.1 Å². The third-order valence-electron chi connectivity index (χ3n) is 3.65. The first-order valence-corrected chi connectivity index (χ1v) is 7.24. The normalized spacial score (nSPS) is 10.9. The van der Waals surface area contributed by atoms with Crippen molar-refractivity contribution < 1.29 is 0 Å². The lowest BCUT2D eigenvalue weighted by atomic mass is 10.1. The molecule has 1 aromatic carbocycles. The van der Waals surface area contributed by atoms with Crippen molar-refractivity contribution in [1.29, 1.82) is 0 Å². The summed E-state index contributed by atoms with van der Waals surface area (Å²) in [5, 5.41) is 0. The minimum Gasteiger partial charge on any atom is -0.393 e. The number of benzene rings is 1. The Bertz CT molecular complexity index is 611. The van der Waals surface area contributed by atoms with E-state index in [1.54, 1.807) is 4.68 Å². The second-order valence-corrected chi connectivity index (χ2v) is 5.14. The Kier molecular flexibility index (Phi) is 4.66. The highest BCUT2D eigenvalue weighted by Gasteiger charge is 2.13. The molecule has 1 heterocycles. The molecule has 0 saturated carbocycles. The Morgan fingerprint density at radius 2 is 1.80 bits per heavy atom. The molecule has 4 heteroatoms. The quantitative estimate of drug-likeness (QED) is 0.879. The van der Waals surface area contributed by atoms with E-state index in [0.717, 1.165) is 31.5 Å². The summed E-state index contributed by atoms with van der Waals surface area (Å²) in [7, 11) is 0. The number of anilines is 1. The second-order valence-electron chi connectivity index (χ2n) is 5.14. The highest BCUT2D eigenvalue weighted by Crippen LogP contribution is 2.09. The lowest BCUT2D eigenvalue weighted by molar-refractivity contribution is 0.422. The number of nitrogens with two attached hydrogens (primary N) is 1. The zero-order valence-corrected chi connectivity index (χ0v) is 12.3. The average molecular weight is 273 g/mol. The number of hydrogen-bond acceptors (Lipinski definition) is 2. The summed E-state index contributed by atoms with van der Waals surface area (Å²) in [6, 6.07) is 10.3. The van der Waals surface area contributed by atoms with Crippen LogP contribution in [0.1, 0.15) is 31.0 Å². The monoisotopic (exact) mass is 273 g/mol. The molecule has 20 heavy (non-hydrogen) atoms. The van der Waals surface area contributed by atoms with Crippen LogP contribution in [0.3, 0.4) is 0 Å². The van der Waals surface area contributed by atoms with Crippen molar-refractivity contribution in [2.75, 3.05) is 5.73 Å². The average Bonchev–Trinajstić information content (AvgIpc) is 2.66. The number of aromatic nitrogens is 2. The van der Waals surface area contributed by atoms with Gasteiger partial charge in [0.25, 0.3) is 5.56 Å². The Morgan fingerprint density at radius 3 is 2.45 bits per heavy atom. The molecule has 0 saturated heterocycles. The number of rotatable bonds is 6. The predicted octanol–water partition coefficient (Wildman–Crippen LogP) is 2.58. The summed E-state index contributed by atoms with van der Waals surface area (Å²) >= 11 is 0. The van der Waals surface area contributed by atoms with E-state index in [-0.39, 0.29) is 5.56 Å². The molecule has 2 aromatic rings. The molecule has 2 rings (SSSR count). The van der Waals surface area contributed by atoms with Crippen molar-refractivity contribution in [3.63, 3.8) is 0 Å². The zero-order chi connectivity index (χ0) is 14.5. The molecule has 0 bridgehead atoms. The lowest BCUT2D eigenvalue weighted by Crippen LogP contribution is -2.24. The fourth-order valence-electron chi connectivity index (χ4n) is 2.52. The third-order valence-corrected chi connectivity index (χ3v) is 3.65. The number of nitrogen functional groups attached to an aromatic ring is 1. The van der Waals surface area contributed by atoms with Crippen LogP contribution in [-0.2, 0) is 19.5 Å². The largest absolute Gasteiger partial charge is 0.393 e. The molecule has 1 aromatic heterocycles. The first kappa shape index (κ1) is 14.4. The number of nitrogens with zero attached hydrogens (tertiary/aromatic N) is 2. The standard InChI is InChI=1S/C16H23N3O/c1-3-11-18-13(2)15(17)16(20)19(18)12-7-10-14-8-5-4-6-9-14/h4-6,8-9H,3,7,10-12,17H2,1-2H3. The van der Waals surface area contributed by atoms with Crippen molar-refractivity contribution in [2.24, 2.45) is 0 Å². The second kappa shape index (κ2) is 6.46. The molecule has 2 N–H and O–H groups in total. The van der Waals surface area contributed by atoms with Crippen LogP contribution in [-0.4, -0.2) is 9.36 Å². The van der Waals surface area contributed by atoms with Crippen molar-refractivity contribution in [1.82, 2.24) is 9.36 Å². The maximum absolute atomic E-state index is 12.1. The molecule has 0 spiro atoms. The number of aryl methyl sites for hydroxylation is 1. The highest BCUT2D eigenvalue weighted by molar-refractivity contribution is 5.40. The Labute approximate surface area is 119 Å². The molecule has 0 unspecified atom stereocenters. The van der Waals surface area contributed by atoms with E-state index in [2.05, 4.69) is 19.1 Å². The van der Waals surface area contributed by atoms with E-state index in [9.17, 15) is 4.79 Å². The predicted molar refractivity (Wildman–Crippen MR) is 82.9 cm³/mol. The van der Waals surface area contributed by atoms with Gasteiger partial charge in [-0.1, -0.05) is 37.3 Å². The zero-order valence-electron chi connectivity index (χ0n) is 12.3. The van der Waals surface area contributed by atoms with E-state index < -0.39 is 0 Å². The molecule has 0 fully saturated rings. The van der Waals surface area contributed by atoms with Crippen LogP contribution in [0.4, 0.5) is 5.69 Å². The van der Waals surface area contributed by atoms with Crippen molar-refractivity contribution in [3.05, 3.63) is 51.9 Å². The fraction of sp³-hybridized carbons (Fsp3) is 0.438. The van der Waals surface area contributed by atoms with Crippen molar-refractivity contribution in [2.45, 2.75) is 46.2 Å². The van der Waals surface area contributed by atoms with Gasteiger partial charge in [0.05, 0.1) is 5.69 Å². The van der Waals surface area contributed by atoms with Gasteiger partial charge in [-0.25, -0.2) is 4.68 Å². The maximum atomic E-state index is 12.1. The van der Waals surface area contributed by atoms with Crippen molar-refractivity contribution in [3.8, 4) is 0 Å². The Hall–Kier alpha value is -1.97. The molecule has 0 aliphatic rings. The topological polar surface area (TPSA) is 52.9 Å². The molecule has 0 radical (unpaired) electrons. The van der Waals surface area contributed by atoms with Crippen LogP contribution in [0.25, 0.3) is 0 Å². The third kappa shape index (κ3) is 2.95. The van der Waals surface area contributed by atoms with Crippen LogP contribution in [0, 0.1) is 6.92 Å². The summed E-state index contributed by atoms with van der Waals surface area (Å²) in [5.74, 6) is 0. The first-order chi connectivity index (χ1) is 9.65.